The van der Waals surface area contributed by atoms with Crippen LogP contribution < -0.4 is 0 Å². The van der Waals surface area contributed by atoms with Crippen LogP contribution in [-0.2, 0) is 10.4 Å². The standard InChI is InChI=1S/C24H26O2/c1-2-3-11-20-22(25)15-14-17-16-24(26,18-9-5-4-6-10-18)21-13-8-7-12-19(21)23(17)20/h4-10,12-13,17,26H,2-3,11,14-16H2,1H3/t17-,24-/m1/s1. The van der Waals surface area contributed by atoms with E-state index in [1.54, 1.807) is 0 Å². The minimum atomic E-state index is -0.984. The van der Waals surface area contributed by atoms with Gasteiger partial charge >= 0.3 is 0 Å². The Morgan fingerprint density at radius 3 is 2.58 bits per heavy atom. The van der Waals surface area contributed by atoms with Gasteiger partial charge in [-0.1, -0.05) is 67.9 Å². The largest absolute Gasteiger partial charge is 0.380 e. The molecule has 2 aromatic carbocycles. The van der Waals surface area contributed by atoms with Gasteiger partial charge in [-0.15, -0.1) is 0 Å². The topological polar surface area (TPSA) is 37.3 Å². The summed E-state index contributed by atoms with van der Waals surface area (Å²) in [7, 11) is 0. The first-order valence-electron chi connectivity index (χ1n) is 9.79. The molecular formula is C24H26O2. The van der Waals surface area contributed by atoms with E-state index in [1.165, 1.54) is 5.57 Å². The Morgan fingerprint density at radius 2 is 1.81 bits per heavy atom. The lowest BCUT2D eigenvalue weighted by Crippen LogP contribution is -2.37. The van der Waals surface area contributed by atoms with Gasteiger partial charge in [-0.3, -0.25) is 4.79 Å². The summed E-state index contributed by atoms with van der Waals surface area (Å²) < 4.78 is 0. The van der Waals surface area contributed by atoms with Crippen LogP contribution >= 0.6 is 0 Å². The number of unbranched alkanes of at least 4 members (excludes halogenated alkanes) is 1. The van der Waals surface area contributed by atoms with Crippen LogP contribution in [0, 0.1) is 5.92 Å². The molecule has 0 aromatic heterocycles. The maximum Gasteiger partial charge on any atom is 0.159 e. The van der Waals surface area contributed by atoms with Crippen LogP contribution in [0.25, 0.3) is 5.57 Å². The molecule has 0 amide bonds. The first-order chi connectivity index (χ1) is 12.6. The zero-order valence-corrected chi connectivity index (χ0v) is 15.4. The molecule has 2 aliphatic rings. The van der Waals surface area contributed by atoms with Crippen molar-refractivity contribution in [1.82, 2.24) is 0 Å². The molecular weight excluding hydrogens is 320 g/mol. The van der Waals surface area contributed by atoms with Crippen LogP contribution in [0.2, 0.25) is 0 Å². The van der Waals surface area contributed by atoms with E-state index < -0.39 is 5.60 Å². The van der Waals surface area contributed by atoms with Gasteiger partial charge in [0.15, 0.2) is 5.78 Å². The predicted octanol–water partition coefficient (Wildman–Crippen LogP) is 5.25. The van der Waals surface area contributed by atoms with Gasteiger partial charge in [-0.2, -0.15) is 0 Å². The molecule has 0 fully saturated rings. The third-order valence-electron chi connectivity index (χ3n) is 6.03. The predicted molar refractivity (Wildman–Crippen MR) is 105 cm³/mol. The van der Waals surface area contributed by atoms with E-state index in [4.69, 9.17) is 0 Å². The summed E-state index contributed by atoms with van der Waals surface area (Å²) in [4.78, 5) is 12.7. The smallest absolute Gasteiger partial charge is 0.159 e. The summed E-state index contributed by atoms with van der Waals surface area (Å²) in [6, 6.07) is 18.1. The van der Waals surface area contributed by atoms with Crippen LogP contribution in [0.5, 0.6) is 0 Å². The molecule has 26 heavy (non-hydrogen) atoms. The van der Waals surface area contributed by atoms with Gasteiger partial charge < -0.3 is 5.11 Å². The van der Waals surface area contributed by atoms with Crippen LogP contribution in [0.1, 0.15) is 62.1 Å². The lowest BCUT2D eigenvalue weighted by atomic mass is 9.63. The average Bonchev–Trinajstić information content (AvgIpc) is 2.68. The van der Waals surface area contributed by atoms with Gasteiger partial charge in [0.2, 0.25) is 0 Å². The molecule has 0 aliphatic heterocycles. The van der Waals surface area contributed by atoms with E-state index in [-0.39, 0.29) is 5.92 Å². The number of carbonyl (C=O) groups excluding carboxylic acids is 1. The van der Waals surface area contributed by atoms with Crippen molar-refractivity contribution < 1.29 is 9.90 Å². The molecule has 0 bridgehead atoms. The Balaban J connectivity index is 1.92. The number of benzene rings is 2. The van der Waals surface area contributed by atoms with Crippen molar-refractivity contribution in [3.05, 3.63) is 76.9 Å². The first-order valence-corrected chi connectivity index (χ1v) is 9.79. The third kappa shape index (κ3) is 2.73. The maximum absolute atomic E-state index is 12.7. The molecule has 4 rings (SSSR count). The van der Waals surface area contributed by atoms with Gasteiger partial charge in [0.05, 0.1) is 0 Å². The van der Waals surface area contributed by atoms with E-state index in [0.717, 1.165) is 47.9 Å². The molecule has 2 atom stereocenters. The quantitative estimate of drug-likeness (QED) is 0.821. The molecule has 2 aliphatic carbocycles. The lowest BCUT2D eigenvalue weighted by molar-refractivity contribution is -0.116. The summed E-state index contributed by atoms with van der Waals surface area (Å²) in [6.07, 6.45) is 5.10. The molecule has 134 valence electrons. The number of hydrogen-bond acceptors (Lipinski definition) is 2. The normalized spacial score (nSPS) is 25.0. The van der Waals surface area contributed by atoms with Gasteiger partial charge in [0, 0.05) is 6.42 Å². The fourth-order valence-electron chi connectivity index (χ4n) is 4.74. The molecule has 0 saturated carbocycles. The second-order valence-corrected chi connectivity index (χ2v) is 7.63. The number of aliphatic hydroxyl groups is 1. The second kappa shape index (κ2) is 6.85. The van der Waals surface area contributed by atoms with E-state index in [2.05, 4.69) is 13.0 Å². The van der Waals surface area contributed by atoms with Gasteiger partial charge in [-0.25, -0.2) is 0 Å². The molecule has 2 nitrogen and oxygen atoms in total. The van der Waals surface area contributed by atoms with Crippen LogP contribution in [0.15, 0.2) is 60.2 Å². The fraction of sp³-hybridized carbons (Fsp3) is 0.375. The summed E-state index contributed by atoms with van der Waals surface area (Å²) in [6.45, 7) is 2.17. The summed E-state index contributed by atoms with van der Waals surface area (Å²) in [5, 5.41) is 11.8. The average molecular weight is 346 g/mol. The first kappa shape index (κ1) is 17.2. The number of allylic oxidation sites excluding steroid dienone is 2. The van der Waals surface area contributed by atoms with E-state index >= 15 is 0 Å². The highest BCUT2D eigenvalue weighted by Gasteiger charge is 2.44. The molecule has 2 heteroatoms. The number of Topliss-reactive ketones (excluding diaryl/α,β-unsaturated/α-hetero) is 1. The van der Waals surface area contributed by atoms with Gasteiger partial charge in [-0.05, 0) is 59.4 Å². The Bertz CT molecular complexity index is 850. The SMILES string of the molecule is CCCCC1=C2c3ccccc3[C@](O)(c3ccccc3)C[C@H]2CCC1=O. The second-order valence-electron chi connectivity index (χ2n) is 7.63. The van der Waals surface area contributed by atoms with E-state index in [1.807, 2.05) is 48.5 Å². The number of rotatable bonds is 4. The van der Waals surface area contributed by atoms with Crippen molar-refractivity contribution in [3.8, 4) is 0 Å². The molecule has 0 heterocycles. The Kier molecular flexibility index (Phi) is 4.54. The van der Waals surface area contributed by atoms with Crippen LogP contribution in [0.4, 0.5) is 0 Å². The third-order valence-corrected chi connectivity index (χ3v) is 6.03. The molecule has 2 aromatic rings. The van der Waals surface area contributed by atoms with E-state index in [0.29, 0.717) is 18.6 Å². The zero-order valence-electron chi connectivity index (χ0n) is 15.4. The summed E-state index contributed by atoms with van der Waals surface area (Å²) in [5.74, 6) is 0.560. The highest BCUT2D eigenvalue weighted by molar-refractivity contribution is 6.05. The number of hydrogen-bond donors (Lipinski definition) is 1. The molecule has 1 N–H and O–H groups in total. The lowest BCUT2D eigenvalue weighted by Gasteiger charge is -2.43. The Hall–Kier alpha value is -2.19. The molecule has 0 unspecified atom stereocenters. The van der Waals surface area contributed by atoms with E-state index in [9.17, 15) is 9.90 Å². The fourth-order valence-corrected chi connectivity index (χ4v) is 4.74. The summed E-state index contributed by atoms with van der Waals surface area (Å²) >= 11 is 0. The number of carbonyl (C=O) groups is 1. The highest BCUT2D eigenvalue weighted by atomic mass is 16.3. The van der Waals surface area contributed by atoms with Crippen LogP contribution in [-0.4, -0.2) is 10.9 Å². The maximum atomic E-state index is 12.7. The van der Waals surface area contributed by atoms with Crippen molar-refractivity contribution in [3.63, 3.8) is 0 Å². The van der Waals surface area contributed by atoms with Gasteiger partial charge in [0.1, 0.15) is 5.60 Å². The zero-order chi connectivity index (χ0) is 18.1. The Morgan fingerprint density at radius 1 is 1.08 bits per heavy atom. The van der Waals surface area contributed by atoms with Crippen molar-refractivity contribution in [2.45, 2.75) is 51.0 Å². The minimum absolute atomic E-state index is 0.250. The highest BCUT2D eigenvalue weighted by Crippen LogP contribution is 2.52. The Labute approximate surface area is 155 Å². The summed E-state index contributed by atoms with van der Waals surface area (Å²) in [5.41, 5.74) is 4.22. The molecule has 0 radical (unpaired) electrons. The van der Waals surface area contributed by atoms with Crippen molar-refractivity contribution in [2.75, 3.05) is 0 Å². The van der Waals surface area contributed by atoms with Crippen molar-refractivity contribution >= 4 is 11.4 Å². The van der Waals surface area contributed by atoms with Crippen LogP contribution in [0.3, 0.4) is 0 Å². The monoisotopic (exact) mass is 346 g/mol. The number of fused-ring (bicyclic) bond motifs is 3. The number of ketones is 1. The van der Waals surface area contributed by atoms with Gasteiger partial charge in [0.25, 0.3) is 0 Å². The molecule has 0 spiro atoms. The van der Waals surface area contributed by atoms with Crippen molar-refractivity contribution in [1.29, 1.82) is 0 Å². The minimum Gasteiger partial charge on any atom is -0.380 e. The van der Waals surface area contributed by atoms with Crippen molar-refractivity contribution in [2.24, 2.45) is 5.92 Å². The molecule has 0 saturated heterocycles.